The zero-order valence-corrected chi connectivity index (χ0v) is 6.92. The van der Waals surface area contributed by atoms with Crippen LogP contribution in [-0.2, 0) is 4.79 Å². The smallest absolute Gasteiger partial charge is 0.221 e. The Morgan fingerprint density at radius 3 is 2.17 bits per heavy atom. The summed E-state index contributed by atoms with van der Waals surface area (Å²) in [6.07, 6.45) is 0. The van der Waals surface area contributed by atoms with Crippen LogP contribution in [0.5, 0.6) is 0 Å². The topological polar surface area (TPSA) is 41.1 Å². The molecule has 0 saturated carbocycles. The van der Waals surface area contributed by atoms with Gasteiger partial charge in [0.2, 0.25) is 5.91 Å². The first-order chi connectivity index (χ1) is 5.72. The van der Waals surface area contributed by atoms with Gasteiger partial charge in [-0.2, -0.15) is 0 Å². The van der Waals surface area contributed by atoms with E-state index in [1.54, 1.807) is 0 Å². The fourth-order valence-electron chi connectivity index (χ4n) is 0.875. The van der Waals surface area contributed by atoms with E-state index >= 15 is 0 Å². The third-order valence-electron chi connectivity index (χ3n) is 1.41. The fourth-order valence-corrected chi connectivity index (χ4v) is 0.875. The maximum Gasteiger partial charge on any atom is 0.221 e. The highest BCUT2D eigenvalue weighted by Gasteiger charge is 1.93. The van der Waals surface area contributed by atoms with Crippen molar-refractivity contribution in [2.24, 2.45) is 0 Å². The summed E-state index contributed by atoms with van der Waals surface area (Å²) in [6, 6.07) is 7.32. The summed E-state index contributed by atoms with van der Waals surface area (Å²) in [4.78, 5) is 10.6. The van der Waals surface area contributed by atoms with Crippen LogP contribution in [-0.4, -0.2) is 5.91 Å². The summed E-state index contributed by atoms with van der Waals surface area (Å²) >= 11 is 0. The van der Waals surface area contributed by atoms with E-state index in [-0.39, 0.29) is 5.91 Å². The molecule has 1 amide bonds. The van der Waals surface area contributed by atoms with E-state index in [0.717, 1.165) is 11.4 Å². The Balaban J connectivity index is 2.71. The largest absolute Gasteiger partial charge is 0.383 e. The number of hydrogen-bond acceptors (Lipinski definition) is 2. The van der Waals surface area contributed by atoms with Crippen molar-refractivity contribution in [2.45, 2.75) is 6.92 Å². The molecular formula is C9H11N2O. The van der Waals surface area contributed by atoms with Crippen molar-refractivity contribution in [3.05, 3.63) is 31.3 Å². The zero-order chi connectivity index (χ0) is 8.97. The molecule has 1 rings (SSSR count). The second kappa shape index (κ2) is 3.76. The molecular weight excluding hydrogens is 152 g/mol. The maximum absolute atomic E-state index is 10.6. The lowest BCUT2D eigenvalue weighted by atomic mass is 10.3. The highest BCUT2D eigenvalue weighted by molar-refractivity contribution is 5.88. The molecule has 0 aliphatic carbocycles. The van der Waals surface area contributed by atoms with Crippen LogP contribution in [0.1, 0.15) is 6.92 Å². The number of nitrogens with one attached hydrogen (secondary N) is 2. The Bertz CT molecular complexity index is 266. The lowest BCUT2D eigenvalue weighted by molar-refractivity contribution is -0.114. The lowest BCUT2D eigenvalue weighted by Gasteiger charge is -2.02. The van der Waals surface area contributed by atoms with E-state index in [2.05, 4.69) is 17.7 Å². The minimum Gasteiger partial charge on any atom is -0.383 e. The van der Waals surface area contributed by atoms with Gasteiger partial charge in [0.1, 0.15) is 0 Å². The second-order valence-corrected chi connectivity index (χ2v) is 2.44. The van der Waals surface area contributed by atoms with Crippen LogP contribution >= 0.6 is 0 Å². The van der Waals surface area contributed by atoms with Crippen molar-refractivity contribution in [1.82, 2.24) is 0 Å². The molecule has 12 heavy (non-hydrogen) atoms. The fraction of sp³-hybridized carbons (Fsp3) is 0.111. The van der Waals surface area contributed by atoms with Gasteiger partial charge in [0, 0.05) is 25.3 Å². The van der Waals surface area contributed by atoms with E-state index in [9.17, 15) is 4.79 Å². The first-order valence-corrected chi connectivity index (χ1v) is 3.63. The molecule has 0 atom stereocenters. The standard InChI is InChI=1S/C9H11N2O/c1-7(12)11-9-5-3-8(10-2)4-6-9/h3-6,10H,2H2,1H3,(H,11,12). The number of anilines is 2. The minimum atomic E-state index is -0.0645. The van der Waals surface area contributed by atoms with E-state index in [4.69, 9.17) is 0 Å². The molecule has 0 unspecified atom stereocenters. The molecule has 0 aromatic heterocycles. The normalized spacial score (nSPS) is 9.17. The molecule has 2 N–H and O–H groups in total. The van der Waals surface area contributed by atoms with Crippen LogP contribution in [0.15, 0.2) is 24.3 Å². The molecule has 1 aromatic carbocycles. The van der Waals surface area contributed by atoms with Gasteiger partial charge in [-0.3, -0.25) is 4.79 Å². The minimum absolute atomic E-state index is 0.0645. The monoisotopic (exact) mass is 163 g/mol. The van der Waals surface area contributed by atoms with Crippen molar-refractivity contribution in [1.29, 1.82) is 0 Å². The quantitative estimate of drug-likeness (QED) is 0.698. The third kappa shape index (κ3) is 2.27. The molecule has 3 nitrogen and oxygen atoms in total. The number of amides is 1. The van der Waals surface area contributed by atoms with E-state index < -0.39 is 0 Å². The van der Waals surface area contributed by atoms with Crippen LogP contribution in [0.25, 0.3) is 0 Å². The van der Waals surface area contributed by atoms with E-state index in [1.165, 1.54) is 6.92 Å². The molecule has 1 aromatic rings. The van der Waals surface area contributed by atoms with Crippen molar-refractivity contribution < 1.29 is 4.79 Å². The van der Waals surface area contributed by atoms with Gasteiger partial charge in [0.15, 0.2) is 0 Å². The average Bonchev–Trinajstić information content (AvgIpc) is 2.05. The van der Waals surface area contributed by atoms with Crippen molar-refractivity contribution in [2.75, 3.05) is 10.6 Å². The summed E-state index contributed by atoms with van der Waals surface area (Å²) in [5.41, 5.74) is 1.71. The van der Waals surface area contributed by atoms with Gasteiger partial charge in [-0.05, 0) is 24.3 Å². The van der Waals surface area contributed by atoms with E-state index in [0.29, 0.717) is 0 Å². The van der Waals surface area contributed by atoms with Gasteiger partial charge < -0.3 is 10.6 Å². The Kier molecular flexibility index (Phi) is 2.69. The first kappa shape index (κ1) is 8.59. The number of carbonyl (C=O) groups excluding carboxylic acids is 1. The van der Waals surface area contributed by atoms with Crippen LogP contribution < -0.4 is 10.6 Å². The summed E-state index contributed by atoms with van der Waals surface area (Å²) < 4.78 is 0. The van der Waals surface area contributed by atoms with Gasteiger partial charge >= 0.3 is 0 Å². The van der Waals surface area contributed by atoms with Gasteiger partial charge in [-0.15, -0.1) is 0 Å². The molecule has 0 spiro atoms. The number of rotatable bonds is 2. The highest BCUT2D eigenvalue weighted by Crippen LogP contribution is 2.12. The predicted molar refractivity (Wildman–Crippen MR) is 49.7 cm³/mol. The molecule has 0 aliphatic rings. The SMILES string of the molecule is [CH2]Nc1ccc(NC(C)=O)cc1. The summed E-state index contributed by atoms with van der Waals surface area (Å²) in [6.45, 7) is 1.48. The van der Waals surface area contributed by atoms with Crippen LogP contribution in [0.3, 0.4) is 0 Å². The molecule has 63 valence electrons. The summed E-state index contributed by atoms with van der Waals surface area (Å²) in [5, 5.41) is 5.41. The molecule has 0 fully saturated rings. The number of carbonyl (C=O) groups is 1. The second-order valence-electron chi connectivity index (χ2n) is 2.44. The van der Waals surface area contributed by atoms with Crippen LogP contribution in [0.4, 0.5) is 11.4 Å². The molecule has 0 aliphatic heterocycles. The van der Waals surface area contributed by atoms with Gasteiger partial charge in [-0.1, -0.05) is 0 Å². The Morgan fingerprint density at radius 1 is 1.25 bits per heavy atom. The molecule has 1 radical (unpaired) electrons. The molecule has 3 heteroatoms. The van der Waals surface area contributed by atoms with Gasteiger partial charge in [0.05, 0.1) is 0 Å². The van der Waals surface area contributed by atoms with Gasteiger partial charge in [0.25, 0.3) is 0 Å². The molecule has 0 saturated heterocycles. The van der Waals surface area contributed by atoms with Crippen LogP contribution in [0, 0.1) is 7.05 Å². The van der Waals surface area contributed by atoms with Crippen molar-refractivity contribution >= 4 is 17.3 Å². The third-order valence-corrected chi connectivity index (χ3v) is 1.41. The van der Waals surface area contributed by atoms with Crippen molar-refractivity contribution in [3.63, 3.8) is 0 Å². The van der Waals surface area contributed by atoms with Crippen LogP contribution in [0.2, 0.25) is 0 Å². The first-order valence-electron chi connectivity index (χ1n) is 3.63. The Hall–Kier alpha value is -1.51. The molecule has 0 bridgehead atoms. The summed E-state index contributed by atoms with van der Waals surface area (Å²) in [5.74, 6) is -0.0645. The number of hydrogen-bond donors (Lipinski definition) is 2. The summed E-state index contributed by atoms with van der Waals surface area (Å²) in [7, 11) is 3.51. The highest BCUT2D eigenvalue weighted by atomic mass is 16.1. The van der Waals surface area contributed by atoms with E-state index in [1.807, 2.05) is 24.3 Å². The Morgan fingerprint density at radius 2 is 1.75 bits per heavy atom. The maximum atomic E-state index is 10.6. The zero-order valence-electron chi connectivity index (χ0n) is 6.92. The van der Waals surface area contributed by atoms with Gasteiger partial charge in [-0.25, -0.2) is 0 Å². The molecule has 0 heterocycles. The predicted octanol–water partition coefficient (Wildman–Crippen LogP) is 1.85. The Labute approximate surface area is 71.8 Å². The lowest BCUT2D eigenvalue weighted by Crippen LogP contribution is -2.05. The van der Waals surface area contributed by atoms with Crippen molar-refractivity contribution in [3.8, 4) is 0 Å². The number of benzene rings is 1. The average molecular weight is 163 g/mol.